The normalized spacial score (nSPS) is 22.2. The molecule has 10 N–H and O–H groups in total. The van der Waals surface area contributed by atoms with Crippen molar-refractivity contribution in [3.8, 4) is 5.75 Å². The van der Waals surface area contributed by atoms with Gasteiger partial charge in [-0.1, -0.05) is 33.8 Å². The van der Waals surface area contributed by atoms with Gasteiger partial charge in [0.2, 0.25) is 18.1 Å². The average Bonchev–Trinajstić information content (AvgIpc) is 3.00. The minimum Gasteiger partial charge on any atom is -0.479 e. The number of nitrogens with one attached hydrogen (secondary N) is 4. The van der Waals surface area contributed by atoms with Gasteiger partial charge in [-0.3, -0.25) is 14.4 Å². The standard InChI is InChI=1S/C32H51N5O12/c1-15(2)21(37-32(5,6)7)27(42)35-18(9-8-12-34-31(33)46)26(41)36-19-13-17(14-47-29(45)16(3)4)10-11-20(19)48-30-24(40)22(38)23(39)25(49-30)28(43)44/h10-11,13,15-16,18,21-25,30,37-40H,8-9,12,14H2,1-7H3,(H,35,42)(H,36,41)(H,43,44)(H3,33,34,46)/t18?,21?,22-,23-,24+,25-,30+/m0/s1. The molecule has 0 bridgehead atoms. The number of carboxylic acids is 1. The van der Waals surface area contributed by atoms with Crippen LogP contribution in [0.4, 0.5) is 10.5 Å². The fraction of sp³-hybridized carbons (Fsp3) is 0.656. The van der Waals surface area contributed by atoms with Gasteiger partial charge in [-0.2, -0.15) is 0 Å². The first kappa shape index (κ1) is 41.1. The van der Waals surface area contributed by atoms with Gasteiger partial charge in [0.05, 0.1) is 17.6 Å². The van der Waals surface area contributed by atoms with E-state index in [2.05, 4.69) is 21.3 Å². The maximum Gasteiger partial charge on any atom is 0.335 e. The number of primary amides is 1. The van der Waals surface area contributed by atoms with Crippen molar-refractivity contribution in [3.05, 3.63) is 23.8 Å². The summed E-state index contributed by atoms with van der Waals surface area (Å²) >= 11 is 0. The molecule has 1 aromatic rings. The Bertz CT molecular complexity index is 1320. The van der Waals surface area contributed by atoms with Crippen molar-refractivity contribution in [2.75, 3.05) is 11.9 Å². The van der Waals surface area contributed by atoms with Crippen LogP contribution in [0, 0.1) is 11.8 Å². The van der Waals surface area contributed by atoms with E-state index in [0.29, 0.717) is 5.56 Å². The number of amides is 4. The molecular formula is C32H51N5O12. The van der Waals surface area contributed by atoms with Crippen LogP contribution in [0.2, 0.25) is 0 Å². The SMILES string of the molecule is CC(C)C(=O)OCc1ccc(O[C@@H]2O[C@H](C(=O)O)[C@@H](O)[C@H](O)[C@H]2O)c(NC(=O)C(CCCNC(N)=O)NC(=O)C(NC(C)(C)C)C(C)C)c1. The number of ether oxygens (including phenoxy) is 3. The number of aliphatic hydroxyl groups is 3. The molecule has 7 atom stereocenters. The molecular weight excluding hydrogens is 646 g/mol. The lowest BCUT2D eigenvalue weighted by molar-refractivity contribution is -0.271. The molecule has 2 unspecified atom stereocenters. The summed E-state index contributed by atoms with van der Waals surface area (Å²) in [6.45, 7) is 12.6. The maximum atomic E-state index is 13.8. The van der Waals surface area contributed by atoms with Crippen LogP contribution in [0.25, 0.3) is 0 Å². The van der Waals surface area contributed by atoms with Crippen molar-refractivity contribution < 1.29 is 58.6 Å². The Morgan fingerprint density at radius 1 is 0.980 bits per heavy atom. The van der Waals surface area contributed by atoms with E-state index in [-0.39, 0.29) is 43.3 Å². The summed E-state index contributed by atoms with van der Waals surface area (Å²) in [5.41, 5.74) is 5.08. The molecule has 276 valence electrons. The van der Waals surface area contributed by atoms with Gasteiger partial charge < -0.3 is 61.6 Å². The number of hydrogen-bond donors (Lipinski definition) is 9. The second kappa shape index (κ2) is 18.1. The van der Waals surface area contributed by atoms with Gasteiger partial charge in [0, 0.05) is 12.1 Å². The molecule has 17 heteroatoms. The van der Waals surface area contributed by atoms with E-state index in [4.69, 9.17) is 19.9 Å². The molecule has 1 fully saturated rings. The second-order valence-corrected chi connectivity index (χ2v) is 13.5. The van der Waals surface area contributed by atoms with Gasteiger partial charge >= 0.3 is 18.0 Å². The number of benzene rings is 1. The molecule has 1 saturated heterocycles. The molecule has 2 rings (SSSR count). The summed E-state index contributed by atoms with van der Waals surface area (Å²) in [6, 6.07) is 1.64. The van der Waals surface area contributed by atoms with E-state index < -0.39 is 84.0 Å². The topological polar surface area (TPSA) is 268 Å². The molecule has 0 radical (unpaired) electrons. The quantitative estimate of drug-likeness (QED) is 0.0811. The molecule has 0 aliphatic carbocycles. The summed E-state index contributed by atoms with van der Waals surface area (Å²) < 4.78 is 16.3. The Morgan fingerprint density at radius 3 is 2.18 bits per heavy atom. The highest BCUT2D eigenvalue weighted by Crippen LogP contribution is 2.31. The van der Waals surface area contributed by atoms with Crippen molar-refractivity contribution in [1.29, 1.82) is 0 Å². The van der Waals surface area contributed by atoms with E-state index in [1.807, 2.05) is 34.6 Å². The van der Waals surface area contributed by atoms with Crippen LogP contribution in [0.15, 0.2) is 18.2 Å². The van der Waals surface area contributed by atoms with Gasteiger partial charge in [0.15, 0.2) is 6.10 Å². The molecule has 1 aliphatic heterocycles. The van der Waals surface area contributed by atoms with Crippen molar-refractivity contribution in [2.24, 2.45) is 17.6 Å². The van der Waals surface area contributed by atoms with Crippen molar-refractivity contribution in [1.82, 2.24) is 16.0 Å². The highest BCUT2D eigenvalue weighted by atomic mass is 16.7. The second-order valence-electron chi connectivity index (χ2n) is 13.5. The molecule has 0 spiro atoms. The number of esters is 1. The molecule has 49 heavy (non-hydrogen) atoms. The summed E-state index contributed by atoms with van der Waals surface area (Å²) in [4.78, 5) is 62.2. The van der Waals surface area contributed by atoms with Crippen molar-refractivity contribution >= 4 is 35.5 Å². The smallest absolute Gasteiger partial charge is 0.335 e. The molecule has 0 saturated carbocycles. The summed E-state index contributed by atoms with van der Waals surface area (Å²) in [7, 11) is 0. The van der Waals surface area contributed by atoms with Crippen LogP contribution in [-0.2, 0) is 35.3 Å². The third-order valence-corrected chi connectivity index (χ3v) is 7.35. The van der Waals surface area contributed by atoms with Crippen LogP contribution in [0.3, 0.4) is 0 Å². The van der Waals surface area contributed by atoms with E-state index in [9.17, 15) is 44.4 Å². The number of aliphatic carboxylic acids is 1. The molecule has 0 aromatic heterocycles. The van der Waals surface area contributed by atoms with E-state index in [0.717, 1.165) is 0 Å². The highest BCUT2D eigenvalue weighted by Gasteiger charge is 2.48. The Morgan fingerprint density at radius 2 is 1.63 bits per heavy atom. The predicted octanol–water partition coefficient (Wildman–Crippen LogP) is -0.0587. The third-order valence-electron chi connectivity index (χ3n) is 7.35. The molecule has 4 amide bonds. The zero-order chi connectivity index (χ0) is 37.2. The number of urea groups is 1. The van der Waals surface area contributed by atoms with E-state index in [1.165, 1.54) is 18.2 Å². The summed E-state index contributed by atoms with van der Waals surface area (Å²) in [6.07, 6.45) is -9.24. The Labute approximate surface area is 285 Å². The molecule has 1 aliphatic rings. The molecule has 1 heterocycles. The number of aliphatic hydroxyl groups excluding tert-OH is 3. The lowest BCUT2D eigenvalue weighted by Crippen LogP contribution is -2.61. The van der Waals surface area contributed by atoms with Gasteiger partial charge in [-0.05, 0) is 57.2 Å². The maximum absolute atomic E-state index is 13.8. The summed E-state index contributed by atoms with van der Waals surface area (Å²) in [5.74, 6) is -3.98. The number of nitrogens with two attached hydrogens (primary N) is 1. The van der Waals surface area contributed by atoms with Gasteiger partial charge in [0.1, 0.15) is 36.7 Å². The zero-order valence-electron chi connectivity index (χ0n) is 28.9. The highest BCUT2D eigenvalue weighted by molar-refractivity contribution is 5.99. The summed E-state index contributed by atoms with van der Waals surface area (Å²) in [5, 5.41) is 51.4. The number of hydrogen-bond acceptors (Lipinski definition) is 12. The molecule has 17 nitrogen and oxygen atoms in total. The lowest BCUT2D eigenvalue weighted by atomic mass is 9.98. The van der Waals surface area contributed by atoms with E-state index in [1.54, 1.807) is 13.8 Å². The largest absolute Gasteiger partial charge is 0.479 e. The fourth-order valence-corrected chi connectivity index (χ4v) is 4.73. The lowest BCUT2D eigenvalue weighted by Gasteiger charge is -2.38. The number of carbonyl (C=O) groups is 5. The molecule has 1 aromatic carbocycles. The van der Waals surface area contributed by atoms with Gasteiger partial charge in [-0.25, -0.2) is 9.59 Å². The number of anilines is 1. The first-order valence-electron chi connectivity index (χ1n) is 16.0. The van der Waals surface area contributed by atoms with Crippen molar-refractivity contribution in [2.45, 2.75) is 116 Å². The number of carboxylic acid groups (broad SMARTS) is 1. The van der Waals surface area contributed by atoms with Crippen LogP contribution >= 0.6 is 0 Å². The third kappa shape index (κ3) is 12.7. The Kier molecular flexibility index (Phi) is 15.2. The van der Waals surface area contributed by atoms with Gasteiger partial charge in [0.25, 0.3) is 0 Å². The Balaban J connectivity index is 2.46. The van der Waals surface area contributed by atoms with Crippen LogP contribution < -0.4 is 31.7 Å². The van der Waals surface area contributed by atoms with Crippen LogP contribution in [0.5, 0.6) is 5.75 Å². The minimum atomic E-state index is -1.96. The average molecular weight is 698 g/mol. The van der Waals surface area contributed by atoms with Gasteiger partial charge in [-0.15, -0.1) is 0 Å². The first-order chi connectivity index (χ1) is 22.7. The van der Waals surface area contributed by atoms with E-state index >= 15 is 0 Å². The first-order valence-corrected chi connectivity index (χ1v) is 16.0. The minimum absolute atomic E-state index is 0.0471. The fourth-order valence-electron chi connectivity index (χ4n) is 4.73. The number of carbonyl (C=O) groups excluding carboxylic acids is 4. The Hall–Kier alpha value is -4.03. The van der Waals surface area contributed by atoms with Crippen LogP contribution in [0.1, 0.15) is 66.9 Å². The monoisotopic (exact) mass is 697 g/mol. The predicted molar refractivity (Wildman–Crippen MR) is 175 cm³/mol. The van der Waals surface area contributed by atoms with Crippen LogP contribution in [-0.4, -0.2) is 105 Å². The van der Waals surface area contributed by atoms with Crippen molar-refractivity contribution in [3.63, 3.8) is 0 Å². The number of rotatable bonds is 16. The zero-order valence-corrected chi connectivity index (χ0v) is 28.9.